The van der Waals surface area contributed by atoms with Crippen molar-refractivity contribution < 1.29 is 5.11 Å². The van der Waals surface area contributed by atoms with Crippen LogP contribution in [-0.4, -0.2) is 19.6 Å². The van der Waals surface area contributed by atoms with Crippen LogP contribution in [0.25, 0.3) is 5.69 Å². The van der Waals surface area contributed by atoms with E-state index in [0.717, 1.165) is 5.69 Å². The highest BCUT2D eigenvalue weighted by Crippen LogP contribution is 2.11. The van der Waals surface area contributed by atoms with E-state index in [1.807, 2.05) is 30.3 Å². The van der Waals surface area contributed by atoms with Gasteiger partial charge in [0.15, 0.2) is 0 Å². The zero-order chi connectivity index (χ0) is 11.5. The molecule has 0 aliphatic rings. The van der Waals surface area contributed by atoms with E-state index in [9.17, 15) is 9.90 Å². The number of imidazole rings is 1. The van der Waals surface area contributed by atoms with E-state index in [1.54, 1.807) is 0 Å². The first-order valence-corrected chi connectivity index (χ1v) is 5.98. The predicted octanol–water partition coefficient (Wildman–Crippen LogP) is 1.74. The Kier molecular flexibility index (Phi) is 3.14. The molecule has 0 saturated carbocycles. The van der Waals surface area contributed by atoms with Crippen molar-refractivity contribution in [3.8, 4) is 11.6 Å². The summed E-state index contributed by atoms with van der Waals surface area (Å²) in [5, 5.41) is 10.3. The van der Waals surface area contributed by atoms with Crippen LogP contribution in [0, 0.1) is 0 Å². The average Bonchev–Trinajstić information content (AvgIpc) is 2.59. The van der Waals surface area contributed by atoms with Crippen LogP contribution < -0.4 is 5.69 Å². The number of aromatic hydroxyl groups is 1. The standard InChI is InChI=1S/C11H11BrN2O2/c12-6-7-13-10(15)8-14(11(13)16)9-4-2-1-3-5-9/h1-5,8,15H,6-7H2. The Balaban J connectivity index is 2.52. The summed E-state index contributed by atoms with van der Waals surface area (Å²) in [6.45, 7) is 0.449. The number of nitrogens with zero attached hydrogens (tertiary/aromatic N) is 2. The third kappa shape index (κ3) is 1.90. The minimum absolute atomic E-state index is 0.0201. The van der Waals surface area contributed by atoms with E-state index < -0.39 is 0 Å². The lowest BCUT2D eigenvalue weighted by Crippen LogP contribution is -2.23. The third-order valence-corrected chi connectivity index (χ3v) is 2.66. The molecule has 16 heavy (non-hydrogen) atoms. The molecule has 1 aromatic carbocycles. The minimum Gasteiger partial charge on any atom is -0.493 e. The van der Waals surface area contributed by atoms with E-state index in [-0.39, 0.29) is 11.6 Å². The number of alkyl halides is 1. The summed E-state index contributed by atoms with van der Waals surface area (Å²) in [6, 6.07) is 9.21. The molecule has 0 atom stereocenters. The quantitative estimate of drug-likeness (QED) is 0.872. The molecule has 0 spiro atoms. The van der Waals surface area contributed by atoms with Crippen LogP contribution in [-0.2, 0) is 6.54 Å². The highest BCUT2D eigenvalue weighted by molar-refractivity contribution is 9.09. The van der Waals surface area contributed by atoms with Gasteiger partial charge in [-0.1, -0.05) is 34.1 Å². The second-order valence-corrected chi connectivity index (χ2v) is 4.11. The summed E-state index contributed by atoms with van der Waals surface area (Å²) in [7, 11) is 0. The van der Waals surface area contributed by atoms with Crippen molar-refractivity contribution in [3.05, 3.63) is 47.0 Å². The molecule has 0 amide bonds. The largest absolute Gasteiger partial charge is 0.493 e. The van der Waals surface area contributed by atoms with Crippen LogP contribution in [0.3, 0.4) is 0 Å². The van der Waals surface area contributed by atoms with Gasteiger partial charge in [0.05, 0.1) is 11.9 Å². The molecule has 0 saturated heterocycles. The molecule has 84 valence electrons. The van der Waals surface area contributed by atoms with Crippen LogP contribution in [0.15, 0.2) is 41.3 Å². The van der Waals surface area contributed by atoms with Crippen molar-refractivity contribution in [3.63, 3.8) is 0 Å². The summed E-state index contributed by atoms with van der Waals surface area (Å²) in [5.41, 5.74) is 0.513. The second-order valence-electron chi connectivity index (χ2n) is 3.32. The van der Waals surface area contributed by atoms with Crippen molar-refractivity contribution in [1.82, 2.24) is 9.13 Å². The third-order valence-electron chi connectivity index (χ3n) is 2.30. The van der Waals surface area contributed by atoms with E-state index in [0.29, 0.717) is 11.9 Å². The number of hydrogen-bond acceptors (Lipinski definition) is 2. The molecular weight excluding hydrogens is 272 g/mol. The number of halogens is 1. The van der Waals surface area contributed by atoms with Gasteiger partial charge < -0.3 is 5.11 Å². The summed E-state index contributed by atoms with van der Waals surface area (Å²) in [6.07, 6.45) is 1.43. The molecule has 4 nitrogen and oxygen atoms in total. The van der Waals surface area contributed by atoms with Gasteiger partial charge in [0.2, 0.25) is 5.88 Å². The lowest BCUT2D eigenvalue weighted by atomic mass is 10.3. The summed E-state index contributed by atoms with van der Waals surface area (Å²) in [5.74, 6) is -0.0201. The molecule has 0 aliphatic carbocycles. The fourth-order valence-electron chi connectivity index (χ4n) is 1.54. The summed E-state index contributed by atoms with van der Waals surface area (Å²) < 4.78 is 2.75. The second kappa shape index (κ2) is 4.57. The van der Waals surface area contributed by atoms with Crippen molar-refractivity contribution in [1.29, 1.82) is 0 Å². The molecule has 2 aromatic rings. The van der Waals surface area contributed by atoms with Crippen molar-refractivity contribution in [2.24, 2.45) is 0 Å². The van der Waals surface area contributed by atoms with Crippen LogP contribution in [0.5, 0.6) is 5.88 Å². The van der Waals surface area contributed by atoms with Gasteiger partial charge in [0.1, 0.15) is 0 Å². The molecule has 0 unspecified atom stereocenters. The highest BCUT2D eigenvalue weighted by Gasteiger charge is 2.10. The fourth-order valence-corrected chi connectivity index (χ4v) is 1.89. The van der Waals surface area contributed by atoms with Crippen molar-refractivity contribution in [2.75, 3.05) is 5.33 Å². The Bertz CT molecular complexity index is 531. The van der Waals surface area contributed by atoms with Crippen LogP contribution in [0.4, 0.5) is 0 Å². The first-order chi connectivity index (χ1) is 7.74. The van der Waals surface area contributed by atoms with Gasteiger partial charge in [-0.25, -0.2) is 4.79 Å². The van der Waals surface area contributed by atoms with Gasteiger partial charge in [-0.15, -0.1) is 0 Å². The molecule has 2 rings (SSSR count). The summed E-state index contributed by atoms with van der Waals surface area (Å²) >= 11 is 3.24. The molecule has 1 heterocycles. The maximum absolute atomic E-state index is 11.9. The van der Waals surface area contributed by atoms with Crippen molar-refractivity contribution in [2.45, 2.75) is 6.54 Å². The minimum atomic E-state index is -0.233. The molecule has 0 fully saturated rings. The molecular formula is C11H11BrN2O2. The molecule has 0 bridgehead atoms. The monoisotopic (exact) mass is 282 g/mol. The first-order valence-electron chi connectivity index (χ1n) is 4.86. The molecule has 1 N–H and O–H groups in total. The smallest absolute Gasteiger partial charge is 0.335 e. The Labute approximate surface area is 101 Å². The Hall–Kier alpha value is -1.49. The normalized spacial score (nSPS) is 10.6. The molecule has 0 radical (unpaired) electrons. The van der Waals surface area contributed by atoms with Gasteiger partial charge in [-0.2, -0.15) is 0 Å². The van der Waals surface area contributed by atoms with Crippen LogP contribution in [0.1, 0.15) is 0 Å². The van der Waals surface area contributed by atoms with E-state index in [4.69, 9.17) is 0 Å². The zero-order valence-electron chi connectivity index (χ0n) is 8.51. The van der Waals surface area contributed by atoms with Gasteiger partial charge in [0.25, 0.3) is 0 Å². The highest BCUT2D eigenvalue weighted by atomic mass is 79.9. The number of rotatable bonds is 3. The van der Waals surface area contributed by atoms with E-state index in [1.165, 1.54) is 15.3 Å². The number of benzene rings is 1. The van der Waals surface area contributed by atoms with E-state index in [2.05, 4.69) is 15.9 Å². The lowest BCUT2D eigenvalue weighted by Gasteiger charge is -1.99. The lowest BCUT2D eigenvalue weighted by molar-refractivity contribution is 0.419. The Morgan fingerprint density at radius 2 is 1.94 bits per heavy atom. The van der Waals surface area contributed by atoms with Gasteiger partial charge >= 0.3 is 5.69 Å². The molecule has 1 aromatic heterocycles. The van der Waals surface area contributed by atoms with Gasteiger partial charge in [-0.3, -0.25) is 9.13 Å². The zero-order valence-corrected chi connectivity index (χ0v) is 10.1. The van der Waals surface area contributed by atoms with Crippen molar-refractivity contribution >= 4 is 15.9 Å². The van der Waals surface area contributed by atoms with Gasteiger partial charge in [-0.05, 0) is 12.1 Å². The SMILES string of the molecule is O=c1n(-c2ccccc2)cc(O)n1CCBr. The van der Waals surface area contributed by atoms with Crippen LogP contribution >= 0.6 is 15.9 Å². The summed E-state index contributed by atoms with van der Waals surface area (Å²) in [4.78, 5) is 11.9. The maximum Gasteiger partial charge on any atom is 0.335 e. The fraction of sp³-hybridized carbons (Fsp3) is 0.182. The van der Waals surface area contributed by atoms with E-state index >= 15 is 0 Å². The first kappa shape index (κ1) is 11.0. The predicted molar refractivity (Wildman–Crippen MR) is 65.5 cm³/mol. The van der Waals surface area contributed by atoms with Crippen LogP contribution in [0.2, 0.25) is 0 Å². The van der Waals surface area contributed by atoms with Gasteiger partial charge in [0, 0.05) is 11.9 Å². The topological polar surface area (TPSA) is 47.2 Å². The number of aromatic nitrogens is 2. The maximum atomic E-state index is 11.9. The molecule has 0 aliphatic heterocycles. The number of hydrogen-bond donors (Lipinski definition) is 1. The Morgan fingerprint density at radius 3 is 2.56 bits per heavy atom. The number of para-hydroxylation sites is 1. The Morgan fingerprint density at radius 1 is 1.25 bits per heavy atom. The molecule has 5 heteroatoms. The average molecular weight is 283 g/mol.